The molecule has 10 nitrogen and oxygen atoms in total. The predicted molar refractivity (Wildman–Crippen MR) is 117 cm³/mol. The minimum Gasteiger partial charge on any atom is -0.508 e. The van der Waals surface area contributed by atoms with E-state index in [-0.39, 0.29) is 30.0 Å². The van der Waals surface area contributed by atoms with Crippen LogP contribution in [0, 0.1) is 11.8 Å². The number of halogens is 1. The first-order chi connectivity index (χ1) is 14.8. The molecule has 2 unspecified atom stereocenters. The highest BCUT2D eigenvalue weighted by atomic mass is 35.5. The monoisotopic (exact) mass is 480 g/mol. The van der Waals surface area contributed by atoms with Gasteiger partial charge >= 0.3 is 0 Å². The molecule has 1 aromatic rings. The molecule has 0 aromatic heterocycles. The van der Waals surface area contributed by atoms with Gasteiger partial charge in [-0.25, -0.2) is 0 Å². The van der Waals surface area contributed by atoms with Crippen LogP contribution in [0.5, 0.6) is 5.75 Å². The van der Waals surface area contributed by atoms with Crippen LogP contribution in [-0.2, 0) is 20.0 Å². The fraction of sp³-hybridized carbons (Fsp3) is 0.409. The summed E-state index contributed by atoms with van der Waals surface area (Å²) >= 11 is 0. The van der Waals surface area contributed by atoms with E-state index in [9.17, 15) is 39.9 Å². The number of carbonyl (C=O) groups excluding carboxylic acids is 3. The van der Waals surface area contributed by atoms with E-state index in [1.807, 2.05) is 0 Å². The number of hydrogen-bond acceptors (Lipinski definition) is 9. The van der Waals surface area contributed by atoms with Crippen molar-refractivity contribution < 1.29 is 39.9 Å². The Balaban J connectivity index is 0.00000306. The summed E-state index contributed by atoms with van der Waals surface area (Å²) in [4.78, 5) is 40.0. The van der Waals surface area contributed by atoms with Gasteiger partial charge in [0.25, 0.3) is 5.91 Å². The first-order valence-corrected chi connectivity index (χ1v) is 9.97. The number of likely N-dealkylation sites (N-methyl/N-ethyl adjacent to an activating group) is 1. The molecule has 0 bridgehead atoms. The standard InChI is InChI=1S/C22H24N2O8.ClH/c1-21(31)8-5-4-6-11(25)12(8)16(26)13-9(21)7-10-15(24(2)3)17(27)14(20(23)30)19(29)22(10,32)18(13)28;/h4-6,9-10,15,25-26,29,31-32H,7H2,1-3H3,(H2,23,30);1H/t9?,10?,15-,21+,22-;/m0./s1. The maximum absolute atomic E-state index is 13.7. The van der Waals surface area contributed by atoms with Crippen molar-refractivity contribution in [1.29, 1.82) is 0 Å². The molecule has 33 heavy (non-hydrogen) atoms. The summed E-state index contributed by atoms with van der Waals surface area (Å²) in [5.74, 6) is -7.90. The van der Waals surface area contributed by atoms with Crippen molar-refractivity contribution in [2.24, 2.45) is 17.6 Å². The molecule has 4 rings (SSSR count). The van der Waals surface area contributed by atoms with Gasteiger partial charge in [0.2, 0.25) is 5.78 Å². The van der Waals surface area contributed by atoms with Gasteiger partial charge in [0.15, 0.2) is 11.4 Å². The van der Waals surface area contributed by atoms with Gasteiger partial charge in [-0.15, -0.1) is 12.4 Å². The number of carbonyl (C=O) groups is 3. The van der Waals surface area contributed by atoms with Gasteiger partial charge < -0.3 is 31.3 Å². The minimum atomic E-state index is -2.75. The highest BCUT2D eigenvalue weighted by Gasteiger charge is 2.66. The topological polar surface area (TPSA) is 182 Å². The third-order valence-corrected chi connectivity index (χ3v) is 7.02. The van der Waals surface area contributed by atoms with Crippen molar-refractivity contribution in [2.45, 2.75) is 30.6 Å². The van der Waals surface area contributed by atoms with Crippen LogP contribution in [0.3, 0.4) is 0 Å². The number of rotatable bonds is 2. The SMILES string of the molecule is CN(C)[C@@H]1C(=O)C(C(N)=O)=C(O)[C@@]2(O)C(=O)C3=C(O)c4c(O)cccc4[C@@](C)(O)C3CC12.Cl. The Bertz CT molecular complexity index is 1160. The van der Waals surface area contributed by atoms with Gasteiger partial charge in [-0.3, -0.25) is 19.3 Å². The van der Waals surface area contributed by atoms with Crippen LogP contribution >= 0.6 is 12.4 Å². The van der Waals surface area contributed by atoms with Gasteiger partial charge in [0.1, 0.15) is 22.8 Å². The van der Waals surface area contributed by atoms with Crippen molar-refractivity contribution >= 4 is 35.6 Å². The number of phenols is 1. The first kappa shape index (κ1) is 24.7. The Morgan fingerprint density at radius 2 is 1.76 bits per heavy atom. The molecule has 11 heteroatoms. The number of ketones is 2. The van der Waals surface area contributed by atoms with Crippen molar-refractivity contribution in [2.75, 3.05) is 14.1 Å². The highest BCUT2D eigenvalue weighted by molar-refractivity contribution is 6.24. The second kappa shape index (κ2) is 7.56. The summed E-state index contributed by atoms with van der Waals surface area (Å²) in [7, 11) is 3.01. The van der Waals surface area contributed by atoms with Gasteiger partial charge in [-0.2, -0.15) is 0 Å². The number of phenolic OH excluding ortho intramolecular Hbond substituents is 1. The summed E-state index contributed by atoms with van der Waals surface area (Å²) in [6, 6.07) is 3.02. The second-order valence-corrected chi connectivity index (χ2v) is 8.96. The maximum Gasteiger partial charge on any atom is 0.255 e. The molecule has 0 saturated heterocycles. The Morgan fingerprint density at radius 3 is 2.30 bits per heavy atom. The van der Waals surface area contributed by atoms with Crippen molar-refractivity contribution in [1.82, 2.24) is 4.90 Å². The number of hydrogen-bond donors (Lipinski definition) is 6. The zero-order valence-electron chi connectivity index (χ0n) is 18.1. The molecule has 1 fully saturated rings. The molecule has 7 N–H and O–H groups in total. The third-order valence-electron chi connectivity index (χ3n) is 7.02. The molecular weight excluding hydrogens is 456 g/mol. The average Bonchev–Trinajstić information content (AvgIpc) is 2.68. The smallest absolute Gasteiger partial charge is 0.255 e. The summed E-state index contributed by atoms with van der Waals surface area (Å²) < 4.78 is 0. The van der Waals surface area contributed by atoms with Crippen molar-refractivity contribution in [3.05, 3.63) is 46.2 Å². The Kier molecular flexibility index (Phi) is 5.66. The molecule has 0 radical (unpaired) electrons. The molecule has 1 aromatic carbocycles. The molecule has 178 valence electrons. The fourth-order valence-corrected chi connectivity index (χ4v) is 5.50. The summed E-state index contributed by atoms with van der Waals surface area (Å²) in [5, 5.41) is 54.9. The van der Waals surface area contributed by atoms with Crippen molar-refractivity contribution in [3.63, 3.8) is 0 Å². The Hall–Kier alpha value is -2.92. The summed E-state index contributed by atoms with van der Waals surface area (Å²) in [6.45, 7) is 1.40. The number of nitrogens with two attached hydrogens (primary N) is 1. The minimum absolute atomic E-state index is 0. The first-order valence-electron chi connectivity index (χ1n) is 9.97. The normalized spacial score (nSPS) is 33.3. The quantitative estimate of drug-likeness (QED) is 0.318. The number of fused-ring (bicyclic) bond motifs is 3. The lowest BCUT2D eigenvalue weighted by Crippen LogP contribution is -2.67. The predicted octanol–water partition coefficient (Wildman–Crippen LogP) is 0.0508. The van der Waals surface area contributed by atoms with Crippen LogP contribution in [-0.4, -0.2) is 73.6 Å². The fourth-order valence-electron chi connectivity index (χ4n) is 5.50. The number of nitrogens with zero attached hydrogens (tertiary/aromatic N) is 1. The molecule has 3 aliphatic rings. The largest absolute Gasteiger partial charge is 0.508 e. The molecule has 0 heterocycles. The lowest BCUT2D eigenvalue weighted by atomic mass is 9.54. The highest BCUT2D eigenvalue weighted by Crippen LogP contribution is 2.57. The molecule has 0 aliphatic heterocycles. The number of Topliss-reactive ketones (excluding diaryl/α,β-unsaturated/α-hetero) is 2. The zero-order valence-corrected chi connectivity index (χ0v) is 18.9. The number of benzene rings is 1. The number of amides is 1. The lowest BCUT2D eigenvalue weighted by Gasteiger charge is -2.53. The van der Waals surface area contributed by atoms with E-state index >= 15 is 0 Å². The van der Waals surface area contributed by atoms with Gasteiger partial charge in [-0.05, 0) is 39.1 Å². The van der Waals surface area contributed by atoms with E-state index in [1.54, 1.807) is 0 Å². The van der Waals surface area contributed by atoms with E-state index < -0.39 is 75.0 Å². The van der Waals surface area contributed by atoms with E-state index in [4.69, 9.17) is 5.73 Å². The van der Waals surface area contributed by atoms with Gasteiger partial charge in [0, 0.05) is 17.4 Å². The van der Waals surface area contributed by atoms with Crippen LogP contribution in [0.25, 0.3) is 5.76 Å². The lowest BCUT2D eigenvalue weighted by molar-refractivity contribution is -0.159. The van der Waals surface area contributed by atoms with Crippen LogP contribution in [0.2, 0.25) is 0 Å². The molecule has 3 aliphatic carbocycles. The number of aliphatic hydroxyl groups excluding tert-OH is 2. The van der Waals surface area contributed by atoms with E-state index in [0.29, 0.717) is 0 Å². The third kappa shape index (κ3) is 2.95. The average molecular weight is 481 g/mol. The maximum atomic E-state index is 13.7. The number of primary amides is 1. The van der Waals surface area contributed by atoms with E-state index in [1.165, 1.54) is 44.1 Å². The summed E-state index contributed by atoms with van der Waals surface area (Å²) in [5.41, 5.74) is -0.548. The van der Waals surface area contributed by atoms with Crippen molar-refractivity contribution in [3.8, 4) is 5.75 Å². The second-order valence-electron chi connectivity index (χ2n) is 8.96. The molecule has 0 spiro atoms. The van der Waals surface area contributed by atoms with Crippen LogP contribution in [0.4, 0.5) is 0 Å². The van der Waals surface area contributed by atoms with Crippen LogP contribution in [0.1, 0.15) is 24.5 Å². The Labute approximate surface area is 195 Å². The molecule has 1 amide bonds. The number of aliphatic hydroxyl groups is 4. The molecular formula is C22H25ClN2O8. The zero-order chi connectivity index (χ0) is 23.9. The molecule has 1 saturated carbocycles. The van der Waals surface area contributed by atoms with E-state index in [0.717, 1.165) is 0 Å². The Morgan fingerprint density at radius 1 is 1.15 bits per heavy atom. The molecule has 5 atom stereocenters. The summed E-state index contributed by atoms with van der Waals surface area (Å²) in [6.07, 6.45) is -0.200. The van der Waals surface area contributed by atoms with Gasteiger partial charge in [0.05, 0.1) is 17.2 Å². The van der Waals surface area contributed by atoms with Crippen LogP contribution in [0.15, 0.2) is 35.1 Å². The van der Waals surface area contributed by atoms with Crippen LogP contribution < -0.4 is 5.73 Å². The number of aromatic hydroxyl groups is 1. The van der Waals surface area contributed by atoms with E-state index in [2.05, 4.69) is 0 Å². The van der Waals surface area contributed by atoms with Gasteiger partial charge in [-0.1, -0.05) is 12.1 Å².